The normalized spacial score (nSPS) is 11.0. The monoisotopic (exact) mass is 614 g/mol. The number of benzene rings is 2. The fourth-order valence-corrected chi connectivity index (χ4v) is 7.15. The lowest BCUT2D eigenvalue weighted by Crippen LogP contribution is -1.97. The topological polar surface area (TPSA) is 52.6 Å². The van der Waals surface area contributed by atoms with Gasteiger partial charge in [0.15, 0.2) is 0 Å². The van der Waals surface area contributed by atoms with Gasteiger partial charge in [0.05, 0.1) is 13.2 Å². The average molecular weight is 615 g/mol. The lowest BCUT2D eigenvalue weighted by Gasteiger charge is -2.07. The van der Waals surface area contributed by atoms with Crippen molar-refractivity contribution >= 4 is 34.2 Å². The van der Waals surface area contributed by atoms with Gasteiger partial charge in [-0.25, -0.2) is 0 Å². The Balaban J connectivity index is 1.20. The summed E-state index contributed by atoms with van der Waals surface area (Å²) in [4.78, 5) is 21.6. The highest BCUT2D eigenvalue weighted by molar-refractivity contribution is 8.76. The van der Waals surface area contributed by atoms with Crippen molar-refractivity contribution in [1.82, 2.24) is 0 Å². The van der Waals surface area contributed by atoms with Crippen LogP contribution in [0.3, 0.4) is 0 Å². The molecule has 0 spiro atoms. The van der Waals surface area contributed by atoms with Crippen LogP contribution in [-0.2, 0) is 0 Å². The summed E-state index contributed by atoms with van der Waals surface area (Å²) in [7, 11) is 4.15. The molecule has 4 nitrogen and oxygen atoms in total. The maximum Gasteiger partial charge on any atom is 0.150 e. The van der Waals surface area contributed by atoms with Crippen LogP contribution < -0.4 is 9.47 Å². The number of aldehydes is 2. The van der Waals surface area contributed by atoms with E-state index in [1.54, 1.807) is 24.3 Å². The van der Waals surface area contributed by atoms with E-state index in [1.807, 2.05) is 24.3 Å². The summed E-state index contributed by atoms with van der Waals surface area (Å²) in [6.45, 7) is 1.47. The second kappa shape index (κ2) is 26.7. The molecule has 0 saturated carbocycles. The summed E-state index contributed by atoms with van der Waals surface area (Å²) in [6, 6.07) is 14.8. The van der Waals surface area contributed by atoms with Crippen LogP contribution >= 0.6 is 21.6 Å². The second-order valence-corrected chi connectivity index (χ2v) is 13.8. The molecule has 0 fully saturated rings. The predicted molar refractivity (Wildman–Crippen MR) is 183 cm³/mol. The van der Waals surface area contributed by atoms with Gasteiger partial charge in [0.2, 0.25) is 0 Å². The number of carbonyl (C=O) groups excluding carboxylic acids is 2. The Bertz CT molecular complexity index is 861. The zero-order chi connectivity index (χ0) is 29.8. The van der Waals surface area contributed by atoms with E-state index < -0.39 is 0 Å². The molecular weight excluding hydrogens is 561 g/mol. The fourth-order valence-electron chi connectivity index (χ4n) is 4.85. The minimum atomic E-state index is 0.672. The summed E-state index contributed by atoms with van der Waals surface area (Å²) in [5, 5.41) is 0. The summed E-state index contributed by atoms with van der Waals surface area (Å²) in [6.07, 6.45) is 25.3. The third-order valence-electron chi connectivity index (χ3n) is 7.35. The third kappa shape index (κ3) is 20.1. The molecule has 234 valence electrons. The Morgan fingerprint density at radius 2 is 0.786 bits per heavy atom. The molecule has 0 aliphatic carbocycles. The molecular formula is C36H54O4S2. The number of unbranched alkanes of at least 4 members (excludes halogenated alkanes) is 16. The Hall–Kier alpha value is -1.92. The summed E-state index contributed by atoms with van der Waals surface area (Å²) < 4.78 is 11.5. The number of hydrogen-bond acceptors (Lipinski definition) is 6. The highest BCUT2D eigenvalue weighted by Crippen LogP contribution is 2.25. The van der Waals surface area contributed by atoms with E-state index in [4.69, 9.17) is 9.47 Å². The van der Waals surface area contributed by atoms with E-state index in [1.165, 1.54) is 114 Å². The first-order valence-electron chi connectivity index (χ1n) is 16.4. The molecule has 0 N–H and O–H groups in total. The van der Waals surface area contributed by atoms with Gasteiger partial charge in [0.1, 0.15) is 24.1 Å². The van der Waals surface area contributed by atoms with Gasteiger partial charge in [-0.15, -0.1) is 0 Å². The SMILES string of the molecule is O=Cc1cccc(OCCCCCCCCCCCSSCCCCCCCCCCCOc2cccc(C=O)c2)c1. The second-order valence-electron chi connectivity index (χ2n) is 11.1. The highest BCUT2D eigenvalue weighted by atomic mass is 33.1. The van der Waals surface area contributed by atoms with Crippen LogP contribution in [0.25, 0.3) is 0 Å². The molecule has 0 radical (unpaired) electrons. The van der Waals surface area contributed by atoms with E-state index in [2.05, 4.69) is 21.6 Å². The van der Waals surface area contributed by atoms with Gasteiger partial charge in [0, 0.05) is 22.6 Å². The zero-order valence-corrected chi connectivity index (χ0v) is 27.4. The molecule has 42 heavy (non-hydrogen) atoms. The van der Waals surface area contributed by atoms with Crippen LogP contribution in [-0.4, -0.2) is 37.3 Å². The van der Waals surface area contributed by atoms with Gasteiger partial charge in [-0.05, 0) is 49.9 Å². The summed E-state index contributed by atoms with van der Waals surface area (Å²) >= 11 is 0. The van der Waals surface area contributed by atoms with Crippen molar-refractivity contribution in [1.29, 1.82) is 0 Å². The van der Waals surface area contributed by atoms with E-state index in [0.717, 1.165) is 50.1 Å². The first kappa shape index (κ1) is 36.3. The van der Waals surface area contributed by atoms with Gasteiger partial charge in [-0.3, -0.25) is 9.59 Å². The molecule has 0 bridgehead atoms. The molecule has 0 unspecified atom stereocenters. The number of rotatable bonds is 29. The van der Waals surface area contributed by atoms with Crippen LogP contribution in [0.2, 0.25) is 0 Å². The lowest BCUT2D eigenvalue weighted by molar-refractivity contribution is 0.111. The highest BCUT2D eigenvalue weighted by Gasteiger charge is 1.99. The van der Waals surface area contributed by atoms with Crippen molar-refractivity contribution in [2.45, 2.75) is 116 Å². The zero-order valence-electron chi connectivity index (χ0n) is 25.8. The molecule has 2 aromatic carbocycles. The molecule has 0 aliphatic heterocycles. The van der Waals surface area contributed by atoms with E-state index >= 15 is 0 Å². The van der Waals surface area contributed by atoms with Gasteiger partial charge in [-0.1, -0.05) is 136 Å². The standard InChI is InChI=1S/C36H54O4S2/c37-31-33-21-19-23-35(29-33)39-25-15-11-7-3-1-5-9-13-17-27-41-42-28-18-14-10-6-2-4-8-12-16-26-40-36-24-20-22-34(30-36)32-38/h19-24,29-32H,1-18,25-28H2. The smallest absolute Gasteiger partial charge is 0.150 e. The van der Waals surface area contributed by atoms with Crippen molar-refractivity contribution in [2.24, 2.45) is 0 Å². The molecule has 0 atom stereocenters. The Morgan fingerprint density at radius 3 is 1.14 bits per heavy atom. The van der Waals surface area contributed by atoms with Gasteiger partial charge < -0.3 is 9.47 Å². The molecule has 0 aromatic heterocycles. The Kier molecular flexibility index (Phi) is 23.0. The van der Waals surface area contributed by atoms with Crippen LogP contribution in [0, 0.1) is 0 Å². The molecule has 2 aromatic rings. The largest absolute Gasteiger partial charge is 0.494 e. The van der Waals surface area contributed by atoms with Gasteiger partial charge >= 0.3 is 0 Å². The first-order chi connectivity index (χ1) is 20.8. The number of carbonyl (C=O) groups is 2. The quantitative estimate of drug-likeness (QED) is 0.0516. The molecule has 0 heterocycles. The Labute approximate surface area is 263 Å². The number of ether oxygens (including phenoxy) is 2. The molecule has 0 amide bonds. The van der Waals surface area contributed by atoms with Crippen LogP contribution in [0.15, 0.2) is 48.5 Å². The first-order valence-corrected chi connectivity index (χ1v) is 18.9. The Morgan fingerprint density at radius 1 is 0.452 bits per heavy atom. The predicted octanol–water partition coefficient (Wildman–Crippen LogP) is 11.2. The lowest BCUT2D eigenvalue weighted by atomic mass is 10.1. The molecule has 0 aliphatic rings. The summed E-state index contributed by atoms with van der Waals surface area (Å²) in [5.74, 6) is 4.20. The van der Waals surface area contributed by atoms with Crippen molar-refractivity contribution in [3.05, 3.63) is 59.7 Å². The third-order valence-corrected chi connectivity index (χ3v) is 9.93. The van der Waals surface area contributed by atoms with Crippen molar-refractivity contribution in [2.75, 3.05) is 24.7 Å². The minimum Gasteiger partial charge on any atom is -0.494 e. The van der Waals surface area contributed by atoms with Crippen molar-refractivity contribution < 1.29 is 19.1 Å². The van der Waals surface area contributed by atoms with Gasteiger partial charge in [-0.2, -0.15) is 0 Å². The number of hydrogen-bond donors (Lipinski definition) is 0. The molecule has 0 saturated heterocycles. The fraction of sp³-hybridized carbons (Fsp3) is 0.611. The summed E-state index contributed by atoms with van der Waals surface area (Å²) in [5.41, 5.74) is 1.34. The van der Waals surface area contributed by atoms with Crippen LogP contribution in [0.4, 0.5) is 0 Å². The van der Waals surface area contributed by atoms with Crippen molar-refractivity contribution in [3.8, 4) is 11.5 Å². The maximum absolute atomic E-state index is 10.8. The van der Waals surface area contributed by atoms with E-state index in [-0.39, 0.29) is 0 Å². The molecule has 2 rings (SSSR count). The minimum absolute atomic E-state index is 0.672. The van der Waals surface area contributed by atoms with Crippen LogP contribution in [0.5, 0.6) is 11.5 Å². The van der Waals surface area contributed by atoms with Crippen LogP contribution in [0.1, 0.15) is 136 Å². The van der Waals surface area contributed by atoms with Crippen molar-refractivity contribution in [3.63, 3.8) is 0 Å². The van der Waals surface area contributed by atoms with E-state index in [0.29, 0.717) is 11.1 Å². The van der Waals surface area contributed by atoms with E-state index in [9.17, 15) is 9.59 Å². The van der Waals surface area contributed by atoms with Gasteiger partial charge in [0.25, 0.3) is 0 Å². The maximum atomic E-state index is 10.8. The average Bonchev–Trinajstić information content (AvgIpc) is 3.03. The molecule has 6 heteroatoms.